The maximum Gasteiger partial charge on any atom is 0.147 e. The molecule has 0 heterocycles. The molecule has 0 bridgehead atoms. The molecule has 2 rings (SSSR count). The Labute approximate surface area is 138 Å². The molecule has 1 nitrogen and oxygen atoms in total. The second-order valence-corrected chi connectivity index (χ2v) is 7.00. The van der Waals surface area contributed by atoms with Crippen LogP contribution in [0.15, 0.2) is 56.3 Å². The van der Waals surface area contributed by atoms with E-state index in [0.29, 0.717) is 15.8 Å². The molecule has 0 radical (unpaired) electrons. The Balaban J connectivity index is 1.94. The third-order valence-electron chi connectivity index (χ3n) is 2.55. The van der Waals surface area contributed by atoms with Gasteiger partial charge in [0.2, 0.25) is 0 Å². The Morgan fingerprint density at radius 1 is 1.15 bits per heavy atom. The van der Waals surface area contributed by atoms with Gasteiger partial charge in [-0.05, 0) is 51.8 Å². The molecule has 0 saturated heterocycles. The zero-order chi connectivity index (χ0) is 14.5. The number of carbonyl (C=O) groups excluding carboxylic acids is 1. The molecule has 0 N–H and O–H groups in total. The highest BCUT2D eigenvalue weighted by Crippen LogP contribution is 2.27. The van der Waals surface area contributed by atoms with Gasteiger partial charge in [-0.2, -0.15) is 0 Å². The second kappa shape index (κ2) is 7.38. The molecule has 0 saturated carbocycles. The molecule has 104 valence electrons. The lowest BCUT2D eigenvalue weighted by molar-refractivity contribution is -0.116. The molecule has 5 heteroatoms. The number of carbonyl (C=O) groups is 1. The van der Waals surface area contributed by atoms with Crippen LogP contribution >= 0.6 is 43.6 Å². The molecule has 0 aliphatic carbocycles. The highest BCUT2D eigenvalue weighted by molar-refractivity contribution is 9.10. The van der Waals surface area contributed by atoms with Gasteiger partial charge in [-0.15, -0.1) is 11.8 Å². The number of hydrogen-bond donors (Lipinski definition) is 0. The first-order chi connectivity index (χ1) is 9.54. The molecule has 20 heavy (non-hydrogen) atoms. The summed E-state index contributed by atoms with van der Waals surface area (Å²) in [5.74, 6) is 0.111. The maximum atomic E-state index is 13.2. The second-order valence-electron chi connectivity index (χ2n) is 4.21. The third kappa shape index (κ3) is 4.72. The van der Waals surface area contributed by atoms with E-state index in [4.69, 9.17) is 0 Å². The maximum absolute atomic E-state index is 13.2. The monoisotopic (exact) mass is 416 g/mol. The van der Waals surface area contributed by atoms with Crippen molar-refractivity contribution in [2.45, 2.75) is 11.3 Å². The fraction of sp³-hybridized carbons (Fsp3) is 0.133. The van der Waals surface area contributed by atoms with E-state index in [1.54, 1.807) is 6.07 Å². The highest BCUT2D eigenvalue weighted by Gasteiger charge is 2.08. The van der Waals surface area contributed by atoms with Gasteiger partial charge in [-0.3, -0.25) is 4.79 Å². The van der Waals surface area contributed by atoms with Crippen LogP contribution in [0.4, 0.5) is 4.39 Å². The van der Waals surface area contributed by atoms with Gasteiger partial charge in [0.1, 0.15) is 11.6 Å². The van der Waals surface area contributed by atoms with E-state index in [9.17, 15) is 9.18 Å². The summed E-state index contributed by atoms with van der Waals surface area (Å²) in [4.78, 5) is 13.0. The summed E-state index contributed by atoms with van der Waals surface area (Å²) in [6.45, 7) is 0. The minimum Gasteiger partial charge on any atom is -0.298 e. The first-order valence-corrected chi connectivity index (χ1v) is 8.46. The topological polar surface area (TPSA) is 17.1 Å². The number of rotatable bonds is 5. The fourth-order valence-corrected chi connectivity index (χ4v) is 3.65. The highest BCUT2D eigenvalue weighted by atomic mass is 79.9. The molecule has 0 aliphatic rings. The summed E-state index contributed by atoms with van der Waals surface area (Å²) in [6.07, 6.45) is 0.244. The van der Waals surface area contributed by atoms with Crippen molar-refractivity contribution in [1.29, 1.82) is 0 Å². The van der Waals surface area contributed by atoms with Crippen LogP contribution in [0.1, 0.15) is 5.56 Å². The predicted octanol–water partition coefficient (Wildman–Crippen LogP) is 5.25. The molecular weight excluding hydrogens is 407 g/mol. The summed E-state index contributed by atoms with van der Waals surface area (Å²) in [5.41, 5.74) is 0.689. The SMILES string of the molecule is O=C(CSc1ccccc1Br)Cc1cc(F)cc(Br)c1. The smallest absolute Gasteiger partial charge is 0.147 e. The van der Waals surface area contributed by atoms with Gasteiger partial charge in [0.15, 0.2) is 0 Å². The van der Waals surface area contributed by atoms with Gasteiger partial charge in [-0.25, -0.2) is 4.39 Å². The normalized spacial score (nSPS) is 10.6. The summed E-state index contributed by atoms with van der Waals surface area (Å²) >= 11 is 8.15. The van der Waals surface area contributed by atoms with Gasteiger partial charge >= 0.3 is 0 Å². The standard InChI is InChI=1S/C15H11Br2FOS/c16-11-5-10(6-12(18)8-11)7-13(19)9-20-15-4-2-1-3-14(15)17/h1-6,8H,7,9H2. The third-order valence-corrected chi connectivity index (χ3v) is 5.09. The van der Waals surface area contributed by atoms with E-state index in [1.807, 2.05) is 24.3 Å². The number of benzene rings is 2. The Morgan fingerprint density at radius 3 is 2.60 bits per heavy atom. The molecule has 0 spiro atoms. The van der Waals surface area contributed by atoms with Crippen LogP contribution in [0.3, 0.4) is 0 Å². The zero-order valence-corrected chi connectivity index (χ0v) is 14.4. The van der Waals surface area contributed by atoms with E-state index < -0.39 is 0 Å². The van der Waals surface area contributed by atoms with Crippen LogP contribution in [0.5, 0.6) is 0 Å². The van der Waals surface area contributed by atoms with Crippen molar-refractivity contribution >= 4 is 49.4 Å². The molecule has 0 aromatic heterocycles. The van der Waals surface area contributed by atoms with Gasteiger partial charge in [0.25, 0.3) is 0 Å². The van der Waals surface area contributed by atoms with Crippen LogP contribution < -0.4 is 0 Å². The van der Waals surface area contributed by atoms with Crippen LogP contribution in [0, 0.1) is 5.82 Å². The Hall–Kier alpha value is -0.650. The number of Topliss-reactive ketones (excluding diaryl/α,β-unsaturated/α-hetero) is 1. The quantitative estimate of drug-likeness (QED) is 0.617. The summed E-state index contributed by atoms with van der Waals surface area (Å²) in [6, 6.07) is 12.3. The van der Waals surface area contributed by atoms with Crippen molar-refractivity contribution in [3.63, 3.8) is 0 Å². The Kier molecular flexibility index (Phi) is 5.81. The van der Waals surface area contributed by atoms with Crippen molar-refractivity contribution < 1.29 is 9.18 Å². The summed E-state index contributed by atoms with van der Waals surface area (Å²) < 4.78 is 14.9. The van der Waals surface area contributed by atoms with Crippen molar-refractivity contribution in [3.05, 3.63) is 62.8 Å². The van der Waals surface area contributed by atoms with E-state index >= 15 is 0 Å². The van der Waals surface area contributed by atoms with Crippen LogP contribution in [0.25, 0.3) is 0 Å². The predicted molar refractivity (Wildman–Crippen MR) is 87.7 cm³/mol. The first kappa shape index (κ1) is 15.7. The van der Waals surface area contributed by atoms with Crippen molar-refractivity contribution in [2.24, 2.45) is 0 Å². The number of halogens is 3. The molecule has 2 aromatic rings. The molecule has 2 aromatic carbocycles. The van der Waals surface area contributed by atoms with Crippen molar-refractivity contribution in [3.8, 4) is 0 Å². The molecule has 0 amide bonds. The molecule has 0 aliphatic heterocycles. The fourth-order valence-electron chi connectivity index (χ4n) is 1.71. The molecule has 0 atom stereocenters. The zero-order valence-electron chi connectivity index (χ0n) is 10.4. The number of hydrogen-bond acceptors (Lipinski definition) is 2. The number of ketones is 1. The molecule has 0 fully saturated rings. The van der Waals surface area contributed by atoms with Crippen LogP contribution in [-0.4, -0.2) is 11.5 Å². The largest absolute Gasteiger partial charge is 0.298 e. The lowest BCUT2D eigenvalue weighted by Crippen LogP contribution is -2.06. The molecular formula is C15H11Br2FOS. The minimum absolute atomic E-state index is 0.0725. The van der Waals surface area contributed by atoms with E-state index in [0.717, 1.165) is 9.37 Å². The van der Waals surface area contributed by atoms with Crippen molar-refractivity contribution in [2.75, 3.05) is 5.75 Å². The van der Waals surface area contributed by atoms with Gasteiger partial charge in [0, 0.05) is 20.3 Å². The van der Waals surface area contributed by atoms with Crippen molar-refractivity contribution in [1.82, 2.24) is 0 Å². The van der Waals surface area contributed by atoms with E-state index in [-0.39, 0.29) is 18.0 Å². The lowest BCUT2D eigenvalue weighted by Gasteiger charge is -2.04. The van der Waals surface area contributed by atoms with E-state index in [1.165, 1.54) is 23.9 Å². The first-order valence-electron chi connectivity index (χ1n) is 5.88. The average molecular weight is 418 g/mol. The summed E-state index contributed by atoms with van der Waals surface area (Å²) in [5, 5.41) is 0. The average Bonchev–Trinajstić information content (AvgIpc) is 2.36. The van der Waals surface area contributed by atoms with Gasteiger partial charge in [-0.1, -0.05) is 28.1 Å². The van der Waals surface area contributed by atoms with Crippen LogP contribution in [0.2, 0.25) is 0 Å². The van der Waals surface area contributed by atoms with Crippen LogP contribution in [-0.2, 0) is 11.2 Å². The number of thioether (sulfide) groups is 1. The summed E-state index contributed by atoms with van der Waals surface area (Å²) in [7, 11) is 0. The molecule has 0 unspecified atom stereocenters. The van der Waals surface area contributed by atoms with Gasteiger partial charge in [0.05, 0.1) is 5.75 Å². The van der Waals surface area contributed by atoms with E-state index in [2.05, 4.69) is 31.9 Å². The lowest BCUT2D eigenvalue weighted by atomic mass is 10.1. The Bertz CT molecular complexity index is 611. The van der Waals surface area contributed by atoms with Gasteiger partial charge < -0.3 is 0 Å². The minimum atomic E-state index is -0.333. The Morgan fingerprint density at radius 2 is 1.90 bits per heavy atom.